The van der Waals surface area contributed by atoms with Gasteiger partial charge < -0.3 is 28.6 Å². The second kappa shape index (κ2) is 13.2. The summed E-state index contributed by atoms with van der Waals surface area (Å²) in [4.78, 5) is 26.1. The van der Waals surface area contributed by atoms with Crippen molar-refractivity contribution in [1.82, 2.24) is 4.90 Å². The molecule has 1 heterocycles. The Balaban J connectivity index is 1.59. The Morgan fingerprint density at radius 2 is 1.48 bits per heavy atom. The molecule has 2 aromatic rings. The number of carbonyl (C=O) groups is 1. The fourth-order valence-corrected chi connectivity index (χ4v) is 9.14. The third-order valence-electron chi connectivity index (χ3n) is 7.50. The maximum atomic E-state index is 12.4. The largest absolute Gasteiger partial charge is 0.444 e. The van der Waals surface area contributed by atoms with Gasteiger partial charge in [0.1, 0.15) is 11.7 Å². The molecule has 1 aliphatic rings. The number of hydrogen-bond acceptors (Lipinski definition) is 6. The van der Waals surface area contributed by atoms with Crippen molar-refractivity contribution in [2.45, 2.75) is 96.4 Å². The van der Waals surface area contributed by atoms with Crippen molar-refractivity contribution >= 4 is 24.8 Å². The van der Waals surface area contributed by atoms with Crippen molar-refractivity contribution in [3.63, 3.8) is 0 Å². The molecule has 1 amide bonds. The minimum atomic E-state index is -3.05. The number of ether oxygens (including phenoxy) is 4. The summed E-state index contributed by atoms with van der Waals surface area (Å²) in [6.07, 6.45) is 1.83. The molecule has 7 nitrogen and oxygen atoms in total. The van der Waals surface area contributed by atoms with E-state index >= 15 is 0 Å². The van der Waals surface area contributed by atoms with E-state index < -0.39 is 19.7 Å². The van der Waals surface area contributed by atoms with Gasteiger partial charge in [-0.3, -0.25) is 0 Å². The van der Waals surface area contributed by atoms with Crippen LogP contribution < -0.4 is 10.4 Å². The quantitative estimate of drug-likeness (QED) is 0.282. The van der Waals surface area contributed by atoms with Crippen molar-refractivity contribution in [1.29, 1.82) is 0 Å². The average molecular weight is 572 g/mol. The molecule has 1 N–H and O–H groups in total. The number of amides is 1. The maximum absolute atomic E-state index is 12.4. The van der Waals surface area contributed by atoms with Gasteiger partial charge in [-0.05, 0) is 62.9 Å². The second-order valence-electron chi connectivity index (χ2n) is 12.9. The van der Waals surface area contributed by atoms with Crippen LogP contribution in [0.1, 0.15) is 67.7 Å². The Kier molecular flexibility index (Phi) is 10.6. The van der Waals surface area contributed by atoms with Crippen LogP contribution in [0.25, 0.3) is 0 Å². The van der Waals surface area contributed by atoms with Crippen LogP contribution in [0.5, 0.6) is 0 Å². The zero-order chi connectivity index (χ0) is 29.6. The van der Waals surface area contributed by atoms with Crippen molar-refractivity contribution < 1.29 is 28.5 Å². The SMILES string of the molecule is CN(CCOC[C@H]1OC(C)(C)O[C@H]1CCCC(C)(C)[Si](O)(c1ccccc1)c1ccccc1)C(=O)OC(C)(C)C. The number of rotatable bonds is 12. The number of likely N-dealkylation sites (N-methyl/N-ethyl adjacent to an activating group) is 1. The first-order valence-corrected chi connectivity index (χ1v) is 16.3. The van der Waals surface area contributed by atoms with Crippen molar-refractivity contribution in [2.24, 2.45) is 0 Å². The molecule has 0 bridgehead atoms. The van der Waals surface area contributed by atoms with Crippen LogP contribution in [0.2, 0.25) is 5.04 Å². The molecule has 0 unspecified atom stereocenters. The number of hydrogen-bond donors (Lipinski definition) is 1. The Bertz CT molecular complexity index is 1030. The molecule has 0 saturated carbocycles. The van der Waals surface area contributed by atoms with E-state index in [-0.39, 0.29) is 23.3 Å². The fourth-order valence-electron chi connectivity index (χ4n) is 5.36. The highest BCUT2D eigenvalue weighted by atomic mass is 28.4. The van der Waals surface area contributed by atoms with Crippen LogP contribution in [-0.4, -0.2) is 74.5 Å². The summed E-state index contributed by atoms with van der Waals surface area (Å²) < 4.78 is 23.8. The first-order valence-electron chi connectivity index (χ1n) is 14.4. The smallest absolute Gasteiger partial charge is 0.410 e. The van der Waals surface area contributed by atoms with E-state index in [4.69, 9.17) is 18.9 Å². The van der Waals surface area contributed by atoms with Gasteiger partial charge in [-0.25, -0.2) is 4.79 Å². The van der Waals surface area contributed by atoms with Gasteiger partial charge in [0.15, 0.2) is 5.79 Å². The van der Waals surface area contributed by atoms with Gasteiger partial charge in [-0.15, -0.1) is 0 Å². The molecule has 222 valence electrons. The van der Waals surface area contributed by atoms with E-state index in [1.54, 1.807) is 7.05 Å². The summed E-state index contributed by atoms with van der Waals surface area (Å²) in [5.41, 5.74) is -0.533. The van der Waals surface area contributed by atoms with Crippen LogP contribution >= 0.6 is 0 Å². The third kappa shape index (κ3) is 8.39. The number of carbonyl (C=O) groups excluding carboxylic acids is 1. The molecule has 1 aliphatic heterocycles. The lowest BCUT2D eigenvalue weighted by Gasteiger charge is -2.41. The topological polar surface area (TPSA) is 77.5 Å². The predicted octanol–water partition coefficient (Wildman–Crippen LogP) is 5.09. The lowest BCUT2D eigenvalue weighted by Crippen LogP contribution is -2.65. The molecule has 1 fully saturated rings. The first kappa shape index (κ1) is 32.3. The van der Waals surface area contributed by atoms with Crippen molar-refractivity contribution in [2.75, 3.05) is 26.8 Å². The predicted molar refractivity (Wildman–Crippen MR) is 162 cm³/mol. The van der Waals surface area contributed by atoms with Gasteiger partial charge in [0.25, 0.3) is 8.32 Å². The van der Waals surface area contributed by atoms with E-state index in [1.807, 2.05) is 71.0 Å². The Morgan fingerprint density at radius 3 is 2.00 bits per heavy atom. The summed E-state index contributed by atoms with van der Waals surface area (Å²) in [6, 6.07) is 20.3. The molecular weight excluding hydrogens is 522 g/mol. The molecule has 2 atom stereocenters. The molecule has 8 heteroatoms. The van der Waals surface area contributed by atoms with Crippen LogP contribution in [0.4, 0.5) is 4.79 Å². The molecule has 0 aromatic heterocycles. The van der Waals surface area contributed by atoms with Crippen LogP contribution in [0.3, 0.4) is 0 Å². The van der Waals surface area contributed by atoms with Crippen LogP contribution in [-0.2, 0) is 18.9 Å². The summed E-state index contributed by atoms with van der Waals surface area (Å²) >= 11 is 0. The monoisotopic (exact) mass is 571 g/mol. The van der Waals surface area contributed by atoms with E-state index in [0.29, 0.717) is 19.8 Å². The summed E-state index contributed by atoms with van der Waals surface area (Å²) in [5, 5.41) is 1.73. The standard InChI is InChI=1S/C32H49NO6Si/c1-30(2,3)39-29(34)33(8)22-23-36-24-28-27(37-32(6,7)38-28)20-15-21-31(4,5)40(35,25-16-11-9-12-17-25)26-18-13-10-14-19-26/h9-14,16-19,27-28,35H,15,20-24H2,1-8H3/t27-,28+/m0/s1. The highest BCUT2D eigenvalue weighted by Gasteiger charge is 2.50. The molecule has 3 rings (SSSR count). The van der Waals surface area contributed by atoms with Gasteiger partial charge >= 0.3 is 6.09 Å². The van der Waals surface area contributed by atoms with Crippen molar-refractivity contribution in [3.05, 3.63) is 60.7 Å². The number of benzene rings is 2. The Hall–Kier alpha value is -2.23. The first-order chi connectivity index (χ1) is 18.6. The summed E-state index contributed by atoms with van der Waals surface area (Å²) in [6.45, 7) is 15.0. The van der Waals surface area contributed by atoms with E-state index in [2.05, 4.69) is 38.1 Å². The second-order valence-corrected chi connectivity index (χ2v) is 16.8. The third-order valence-corrected chi connectivity index (χ3v) is 12.0. The molecule has 1 saturated heterocycles. The normalized spacial score (nSPS) is 19.4. The lowest BCUT2D eigenvalue weighted by atomic mass is 10.0. The van der Waals surface area contributed by atoms with E-state index in [1.165, 1.54) is 4.90 Å². The minimum absolute atomic E-state index is 0.113. The molecule has 40 heavy (non-hydrogen) atoms. The minimum Gasteiger partial charge on any atom is -0.444 e. The molecule has 0 radical (unpaired) electrons. The highest BCUT2D eigenvalue weighted by Crippen LogP contribution is 2.41. The summed E-state index contributed by atoms with van der Waals surface area (Å²) in [5.74, 6) is -0.689. The van der Waals surface area contributed by atoms with E-state index in [9.17, 15) is 9.59 Å². The van der Waals surface area contributed by atoms with Crippen LogP contribution in [0, 0.1) is 0 Å². The zero-order valence-electron chi connectivity index (χ0n) is 25.6. The molecule has 2 aromatic carbocycles. The molecular formula is C32H49NO6Si. The van der Waals surface area contributed by atoms with Gasteiger partial charge in [0.05, 0.1) is 19.3 Å². The lowest BCUT2D eigenvalue weighted by molar-refractivity contribution is -0.151. The average Bonchev–Trinajstić information content (AvgIpc) is 3.18. The number of nitrogens with zero attached hydrogens (tertiary/aromatic N) is 1. The van der Waals surface area contributed by atoms with Crippen molar-refractivity contribution in [3.8, 4) is 0 Å². The van der Waals surface area contributed by atoms with Crippen LogP contribution in [0.15, 0.2) is 60.7 Å². The molecule has 0 spiro atoms. The Labute approximate surface area is 241 Å². The zero-order valence-corrected chi connectivity index (χ0v) is 26.6. The van der Waals surface area contributed by atoms with Gasteiger partial charge in [0.2, 0.25) is 0 Å². The van der Waals surface area contributed by atoms with E-state index in [0.717, 1.165) is 29.6 Å². The summed E-state index contributed by atoms with van der Waals surface area (Å²) in [7, 11) is -1.35. The van der Waals surface area contributed by atoms with Gasteiger partial charge in [0, 0.05) is 13.6 Å². The van der Waals surface area contributed by atoms with Gasteiger partial charge in [-0.1, -0.05) is 80.9 Å². The van der Waals surface area contributed by atoms with Gasteiger partial charge in [-0.2, -0.15) is 0 Å². The fraction of sp³-hybridized carbons (Fsp3) is 0.594. The maximum Gasteiger partial charge on any atom is 0.410 e. The highest BCUT2D eigenvalue weighted by molar-refractivity contribution is 6.98. The Morgan fingerprint density at radius 1 is 0.950 bits per heavy atom. The molecule has 0 aliphatic carbocycles.